The molecule has 0 aliphatic carbocycles. The minimum atomic E-state index is -1.15. The van der Waals surface area contributed by atoms with Gasteiger partial charge in [0.25, 0.3) is 5.91 Å². The van der Waals surface area contributed by atoms with Crippen molar-refractivity contribution in [3.05, 3.63) is 45.7 Å². The van der Waals surface area contributed by atoms with Gasteiger partial charge in [0.2, 0.25) is 0 Å². The largest absolute Gasteiger partial charge is 0.479 e. The van der Waals surface area contributed by atoms with E-state index < -0.39 is 30.1 Å². The normalized spacial score (nSPS) is 15.2. The van der Waals surface area contributed by atoms with E-state index in [4.69, 9.17) is 42.5 Å². The van der Waals surface area contributed by atoms with Crippen molar-refractivity contribution >= 4 is 58.7 Å². The molecule has 0 aromatic carbocycles. The number of carboxylic acid groups (broad SMARTS) is 2. The van der Waals surface area contributed by atoms with Crippen molar-refractivity contribution < 1.29 is 43.6 Å². The summed E-state index contributed by atoms with van der Waals surface area (Å²) in [5.74, 6) is -2.00. The number of aromatic carboxylic acids is 1. The first-order valence-corrected chi connectivity index (χ1v) is 17.8. The number of esters is 1. The van der Waals surface area contributed by atoms with Crippen LogP contribution in [-0.2, 0) is 23.8 Å². The van der Waals surface area contributed by atoms with Crippen molar-refractivity contribution in [2.45, 2.75) is 99.2 Å². The van der Waals surface area contributed by atoms with E-state index >= 15 is 0 Å². The summed E-state index contributed by atoms with van der Waals surface area (Å²) in [6, 6.07) is 5.97. The highest BCUT2D eigenvalue weighted by atomic mass is 35.5. The van der Waals surface area contributed by atoms with Crippen molar-refractivity contribution in [3.63, 3.8) is 0 Å². The Labute approximate surface area is 310 Å². The third-order valence-electron chi connectivity index (χ3n) is 7.61. The lowest BCUT2D eigenvalue weighted by Gasteiger charge is -2.19. The molecule has 1 saturated heterocycles. The van der Waals surface area contributed by atoms with E-state index in [1.165, 1.54) is 18.2 Å². The van der Waals surface area contributed by atoms with E-state index in [9.17, 15) is 24.3 Å². The van der Waals surface area contributed by atoms with Crippen LogP contribution < -0.4 is 10.2 Å². The molecule has 1 fully saturated rings. The molecule has 0 bridgehead atoms. The minimum absolute atomic E-state index is 0.0308. The maximum absolute atomic E-state index is 12.6. The SMILES string of the molecule is CC(C)(C)CCCOC(CCNc1ccc(C(=O)O)c(Cl)n1)C(=O)O.CCOC(=O)c1ccc(N2CCC(OCCCC(C)(C)C)C2=O)nc1Cl. The standard InChI is InChI=1S/C19H27ClN2O4.C17H25ClN2O5/c1-5-25-18(24)13-7-8-15(21-16(13)20)22-11-9-14(17(22)23)26-12-6-10-19(2,3)4;1-17(2,3)8-4-10-25-12(16(23)24)7-9-19-13-6-5-11(15(21)22)14(18)20-13/h7-8,14H,5-6,9-12H2,1-4H3;5-6,12H,4,7-10H2,1-3H3,(H,19,20)(H,21,22)(H,23,24). The molecule has 13 nitrogen and oxygen atoms in total. The number of hydrogen-bond donors (Lipinski definition) is 3. The summed E-state index contributed by atoms with van der Waals surface area (Å²) in [6.45, 7) is 16.7. The van der Waals surface area contributed by atoms with Crippen LogP contribution >= 0.6 is 23.2 Å². The lowest BCUT2D eigenvalue weighted by molar-refractivity contribution is -0.150. The number of ether oxygens (including phenoxy) is 3. The summed E-state index contributed by atoms with van der Waals surface area (Å²) in [5, 5.41) is 20.9. The summed E-state index contributed by atoms with van der Waals surface area (Å²) >= 11 is 11.9. The molecular formula is C36H52Cl2N4O9. The molecule has 3 N–H and O–H groups in total. The van der Waals surface area contributed by atoms with E-state index in [0.717, 1.165) is 25.7 Å². The third kappa shape index (κ3) is 15.7. The van der Waals surface area contributed by atoms with Gasteiger partial charge in [-0.2, -0.15) is 0 Å². The fourth-order valence-electron chi connectivity index (χ4n) is 4.93. The second-order valence-corrected chi connectivity index (χ2v) is 15.2. The van der Waals surface area contributed by atoms with Crippen LogP contribution in [0.25, 0.3) is 0 Å². The molecule has 1 amide bonds. The Morgan fingerprint density at radius 2 is 1.55 bits per heavy atom. The molecule has 3 heterocycles. The number of amides is 1. The van der Waals surface area contributed by atoms with Gasteiger partial charge in [-0.1, -0.05) is 64.7 Å². The highest BCUT2D eigenvalue weighted by Gasteiger charge is 2.34. The molecule has 2 aromatic rings. The number of carbonyl (C=O) groups excluding carboxylic acids is 2. The number of hydrogen-bond acceptors (Lipinski definition) is 10. The average Bonchev–Trinajstić information content (AvgIpc) is 3.39. The van der Waals surface area contributed by atoms with Gasteiger partial charge in [0, 0.05) is 39.1 Å². The summed E-state index contributed by atoms with van der Waals surface area (Å²) < 4.78 is 16.1. The van der Waals surface area contributed by atoms with Gasteiger partial charge in [0.05, 0.1) is 17.7 Å². The number of halogens is 2. The molecule has 2 atom stereocenters. The molecule has 1 aliphatic heterocycles. The van der Waals surface area contributed by atoms with Gasteiger partial charge in [-0.05, 0) is 67.7 Å². The number of carboxylic acids is 2. The van der Waals surface area contributed by atoms with Gasteiger partial charge >= 0.3 is 17.9 Å². The highest BCUT2D eigenvalue weighted by molar-refractivity contribution is 6.32. The van der Waals surface area contributed by atoms with Crippen LogP contribution in [0.3, 0.4) is 0 Å². The van der Waals surface area contributed by atoms with Gasteiger partial charge in [-0.3, -0.25) is 9.69 Å². The number of aliphatic carboxylic acids is 1. The Morgan fingerprint density at radius 1 is 0.941 bits per heavy atom. The van der Waals surface area contributed by atoms with E-state index in [1.807, 2.05) is 0 Å². The second-order valence-electron chi connectivity index (χ2n) is 14.4. The van der Waals surface area contributed by atoms with Gasteiger partial charge in [-0.25, -0.2) is 24.4 Å². The third-order valence-corrected chi connectivity index (χ3v) is 8.19. The molecule has 2 unspecified atom stereocenters. The second kappa shape index (κ2) is 20.5. The lowest BCUT2D eigenvalue weighted by atomic mass is 9.91. The number of pyridine rings is 2. The Hall–Kier alpha value is -3.52. The quantitative estimate of drug-likeness (QED) is 0.0830. The fraction of sp³-hybridized carbons (Fsp3) is 0.611. The fourth-order valence-corrected chi connectivity index (χ4v) is 5.39. The number of nitrogens with one attached hydrogen (secondary N) is 1. The van der Waals surface area contributed by atoms with Crippen molar-refractivity contribution in [2.24, 2.45) is 10.8 Å². The van der Waals surface area contributed by atoms with Crippen LogP contribution in [0, 0.1) is 10.8 Å². The Morgan fingerprint density at radius 3 is 2.10 bits per heavy atom. The highest BCUT2D eigenvalue weighted by Crippen LogP contribution is 2.26. The van der Waals surface area contributed by atoms with Crippen molar-refractivity contribution in [1.82, 2.24) is 9.97 Å². The van der Waals surface area contributed by atoms with E-state index in [1.54, 1.807) is 17.9 Å². The van der Waals surface area contributed by atoms with Crippen LogP contribution in [0.5, 0.6) is 0 Å². The van der Waals surface area contributed by atoms with Gasteiger partial charge in [0.1, 0.15) is 28.0 Å². The molecule has 2 aromatic heterocycles. The number of carbonyl (C=O) groups is 4. The monoisotopic (exact) mass is 754 g/mol. The van der Waals surface area contributed by atoms with Crippen molar-refractivity contribution in [3.8, 4) is 0 Å². The van der Waals surface area contributed by atoms with Crippen LogP contribution in [-0.4, -0.2) is 89.1 Å². The van der Waals surface area contributed by atoms with Crippen LogP contribution in [0.1, 0.15) is 108 Å². The lowest BCUT2D eigenvalue weighted by Crippen LogP contribution is -2.31. The first-order chi connectivity index (χ1) is 23.8. The van der Waals surface area contributed by atoms with Gasteiger partial charge < -0.3 is 29.7 Å². The first kappa shape index (κ1) is 43.6. The predicted molar refractivity (Wildman–Crippen MR) is 196 cm³/mol. The number of anilines is 2. The molecule has 1 aliphatic rings. The number of rotatable bonds is 17. The van der Waals surface area contributed by atoms with Gasteiger partial charge in [0.15, 0.2) is 6.10 Å². The summed E-state index contributed by atoms with van der Waals surface area (Å²) in [6.07, 6.45) is 3.25. The Kier molecular flexibility index (Phi) is 17.5. The molecule has 15 heteroatoms. The van der Waals surface area contributed by atoms with Crippen LogP contribution in [0.15, 0.2) is 24.3 Å². The average molecular weight is 756 g/mol. The minimum Gasteiger partial charge on any atom is -0.479 e. The van der Waals surface area contributed by atoms with Crippen molar-refractivity contribution in [2.75, 3.05) is 43.1 Å². The maximum Gasteiger partial charge on any atom is 0.341 e. The molecule has 0 saturated carbocycles. The zero-order valence-electron chi connectivity index (χ0n) is 30.6. The molecule has 0 radical (unpaired) electrons. The molecular weight excluding hydrogens is 703 g/mol. The first-order valence-electron chi connectivity index (χ1n) is 17.1. The predicted octanol–water partition coefficient (Wildman–Crippen LogP) is 7.39. The summed E-state index contributed by atoms with van der Waals surface area (Å²) in [4.78, 5) is 56.1. The van der Waals surface area contributed by atoms with E-state index in [-0.39, 0.29) is 51.2 Å². The topological polar surface area (TPSA) is 177 Å². The van der Waals surface area contributed by atoms with E-state index in [0.29, 0.717) is 44.4 Å². The summed E-state index contributed by atoms with van der Waals surface area (Å²) in [7, 11) is 0. The van der Waals surface area contributed by atoms with Crippen LogP contribution in [0.4, 0.5) is 11.6 Å². The van der Waals surface area contributed by atoms with Gasteiger partial charge in [-0.15, -0.1) is 0 Å². The zero-order chi connectivity index (χ0) is 38.4. The molecule has 284 valence electrons. The molecule has 51 heavy (non-hydrogen) atoms. The van der Waals surface area contributed by atoms with E-state index in [2.05, 4.69) is 56.8 Å². The Bertz CT molecular complexity index is 1480. The van der Waals surface area contributed by atoms with Crippen LogP contribution in [0.2, 0.25) is 10.3 Å². The Balaban J connectivity index is 0.000000354. The maximum atomic E-state index is 12.6. The van der Waals surface area contributed by atoms with Crippen molar-refractivity contribution in [1.29, 1.82) is 0 Å². The molecule has 0 spiro atoms. The summed E-state index contributed by atoms with van der Waals surface area (Å²) in [5.41, 5.74) is 0.560. The number of aromatic nitrogens is 2. The number of nitrogens with zero attached hydrogens (tertiary/aromatic N) is 3. The zero-order valence-corrected chi connectivity index (χ0v) is 32.1. The smallest absolute Gasteiger partial charge is 0.341 e. The molecule has 3 rings (SSSR count).